The second-order valence-corrected chi connectivity index (χ2v) is 3.97. The Morgan fingerprint density at radius 2 is 2.00 bits per heavy atom. The van der Waals surface area contributed by atoms with Gasteiger partial charge in [-0.2, -0.15) is 13.2 Å². The van der Waals surface area contributed by atoms with Gasteiger partial charge in [0, 0.05) is 19.2 Å². The molecule has 0 radical (unpaired) electrons. The number of pyridine rings is 1. The summed E-state index contributed by atoms with van der Waals surface area (Å²) >= 11 is 11.4. The minimum absolute atomic E-state index is 0.0237. The summed E-state index contributed by atoms with van der Waals surface area (Å²) in [6.07, 6.45) is -3.60. The van der Waals surface area contributed by atoms with Crippen LogP contribution in [-0.2, 0) is 0 Å². The summed E-state index contributed by atoms with van der Waals surface area (Å²) in [7, 11) is 0. The molecule has 0 saturated heterocycles. The predicted molar refractivity (Wildman–Crippen MR) is 58.0 cm³/mol. The lowest BCUT2D eigenvalue weighted by molar-refractivity contribution is -0.134. The third-order valence-corrected chi connectivity index (χ3v) is 2.23. The van der Waals surface area contributed by atoms with Gasteiger partial charge >= 0.3 is 6.18 Å². The fraction of sp³-hybridized carbons (Fsp3) is 0.444. The van der Waals surface area contributed by atoms with E-state index in [-0.39, 0.29) is 13.0 Å². The SMILES string of the molecule is FC(F)(F)CCCNc1ncc(Cl)cc1Cl. The van der Waals surface area contributed by atoms with Crippen molar-refractivity contribution in [2.24, 2.45) is 0 Å². The molecule has 16 heavy (non-hydrogen) atoms. The van der Waals surface area contributed by atoms with Crippen LogP contribution >= 0.6 is 23.2 Å². The van der Waals surface area contributed by atoms with E-state index >= 15 is 0 Å². The monoisotopic (exact) mass is 272 g/mol. The lowest BCUT2D eigenvalue weighted by Crippen LogP contribution is -2.11. The zero-order valence-corrected chi connectivity index (χ0v) is 9.62. The zero-order valence-electron chi connectivity index (χ0n) is 8.11. The van der Waals surface area contributed by atoms with Crippen molar-refractivity contribution in [2.45, 2.75) is 19.0 Å². The molecule has 0 aliphatic carbocycles. The van der Waals surface area contributed by atoms with Crippen molar-refractivity contribution in [3.05, 3.63) is 22.3 Å². The van der Waals surface area contributed by atoms with Crippen molar-refractivity contribution in [3.8, 4) is 0 Å². The molecule has 2 nitrogen and oxygen atoms in total. The van der Waals surface area contributed by atoms with E-state index in [9.17, 15) is 13.2 Å². The number of halogens is 5. The van der Waals surface area contributed by atoms with Gasteiger partial charge < -0.3 is 5.32 Å². The molecular weight excluding hydrogens is 264 g/mol. The average molecular weight is 273 g/mol. The Bertz CT molecular complexity index is 355. The van der Waals surface area contributed by atoms with Gasteiger partial charge in [-0.15, -0.1) is 0 Å². The van der Waals surface area contributed by atoms with E-state index in [1.165, 1.54) is 12.3 Å². The molecule has 0 atom stereocenters. The standard InChI is InChI=1S/C9H9Cl2F3N2/c10-6-4-7(11)8(16-5-6)15-3-1-2-9(12,13)14/h4-5H,1-3H2,(H,15,16). The zero-order chi connectivity index (χ0) is 12.2. The second kappa shape index (κ2) is 5.59. The van der Waals surface area contributed by atoms with E-state index in [0.717, 1.165) is 0 Å². The molecule has 1 aromatic heterocycles. The third kappa shape index (κ3) is 4.90. The maximum Gasteiger partial charge on any atom is 0.389 e. The van der Waals surface area contributed by atoms with Crippen LogP contribution in [0.25, 0.3) is 0 Å². The fourth-order valence-electron chi connectivity index (χ4n) is 1.04. The van der Waals surface area contributed by atoms with Crippen LogP contribution in [0.2, 0.25) is 10.0 Å². The van der Waals surface area contributed by atoms with Gasteiger partial charge in [0.25, 0.3) is 0 Å². The number of alkyl halides is 3. The Morgan fingerprint density at radius 1 is 1.31 bits per heavy atom. The number of anilines is 1. The van der Waals surface area contributed by atoms with Gasteiger partial charge in [0.05, 0.1) is 10.0 Å². The first-order chi connectivity index (χ1) is 7.38. The maximum absolute atomic E-state index is 11.8. The minimum Gasteiger partial charge on any atom is -0.369 e. The van der Waals surface area contributed by atoms with E-state index in [4.69, 9.17) is 23.2 Å². The first kappa shape index (κ1) is 13.4. The van der Waals surface area contributed by atoms with Gasteiger partial charge in [-0.3, -0.25) is 0 Å². The normalized spacial score (nSPS) is 11.6. The highest BCUT2D eigenvalue weighted by Crippen LogP contribution is 2.24. The molecule has 0 saturated carbocycles. The lowest BCUT2D eigenvalue weighted by Gasteiger charge is -2.08. The molecule has 0 unspecified atom stereocenters. The smallest absolute Gasteiger partial charge is 0.369 e. The second-order valence-electron chi connectivity index (χ2n) is 3.13. The molecule has 0 aromatic carbocycles. The van der Waals surface area contributed by atoms with E-state index in [1.54, 1.807) is 0 Å². The van der Waals surface area contributed by atoms with Crippen LogP contribution < -0.4 is 5.32 Å². The highest BCUT2D eigenvalue weighted by atomic mass is 35.5. The van der Waals surface area contributed by atoms with E-state index in [0.29, 0.717) is 15.9 Å². The number of hydrogen-bond acceptors (Lipinski definition) is 2. The number of aromatic nitrogens is 1. The summed E-state index contributed by atoms with van der Waals surface area (Å²) in [5.41, 5.74) is 0. The van der Waals surface area contributed by atoms with Crippen molar-refractivity contribution in [1.29, 1.82) is 0 Å². The van der Waals surface area contributed by atoms with Gasteiger partial charge in [-0.25, -0.2) is 4.98 Å². The number of rotatable bonds is 4. The summed E-state index contributed by atoms with van der Waals surface area (Å²) in [5, 5.41) is 3.38. The molecule has 0 aliphatic heterocycles. The summed E-state index contributed by atoms with van der Waals surface area (Å²) in [6, 6.07) is 1.47. The molecule has 1 rings (SSSR count). The van der Waals surface area contributed by atoms with Crippen LogP contribution in [0.5, 0.6) is 0 Å². The molecule has 1 aromatic rings. The third-order valence-electron chi connectivity index (χ3n) is 1.74. The summed E-state index contributed by atoms with van der Waals surface area (Å²) in [4.78, 5) is 3.86. The number of nitrogens with zero attached hydrogens (tertiary/aromatic N) is 1. The summed E-state index contributed by atoms with van der Waals surface area (Å²) in [5.74, 6) is 0.341. The molecular formula is C9H9Cl2F3N2. The number of nitrogens with one attached hydrogen (secondary N) is 1. The molecule has 1 N–H and O–H groups in total. The molecule has 90 valence electrons. The summed E-state index contributed by atoms with van der Waals surface area (Å²) in [6.45, 7) is 0.161. The topological polar surface area (TPSA) is 24.9 Å². The van der Waals surface area contributed by atoms with Gasteiger partial charge in [0.2, 0.25) is 0 Å². The largest absolute Gasteiger partial charge is 0.389 e. The number of hydrogen-bond donors (Lipinski definition) is 1. The molecule has 7 heteroatoms. The Labute approximate surface area is 101 Å². The predicted octanol–water partition coefficient (Wildman–Crippen LogP) is 4.14. The average Bonchev–Trinajstić information content (AvgIpc) is 2.13. The van der Waals surface area contributed by atoms with Crippen molar-refractivity contribution in [3.63, 3.8) is 0 Å². The van der Waals surface area contributed by atoms with Crippen LogP contribution in [0.1, 0.15) is 12.8 Å². The van der Waals surface area contributed by atoms with Gasteiger partial charge in [-0.05, 0) is 12.5 Å². The molecule has 0 fully saturated rings. The Hall–Kier alpha value is -0.680. The Kier molecular flexibility index (Phi) is 4.68. The quantitative estimate of drug-likeness (QED) is 0.834. The maximum atomic E-state index is 11.8. The molecule has 0 amide bonds. The van der Waals surface area contributed by atoms with E-state index in [1.807, 2.05) is 0 Å². The molecule has 1 heterocycles. The van der Waals surface area contributed by atoms with Crippen LogP contribution in [-0.4, -0.2) is 17.7 Å². The Balaban J connectivity index is 2.38. The van der Waals surface area contributed by atoms with Crippen LogP contribution in [0.4, 0.5) is 19.0 Å². The Morgan fingerprint density at radius 3 is 2.56 bits per heavy atom. The van der Waals surface area contributed by atoms with Crippen molar-refractivity contribution in [1.82, 2.24) is 4.98 Å². The fourth-order valence-corrected chi connectivity index (χ4v) is 1.49. The van der Waals surface area contributed by atoms with Crippen molar-refractivity contribution >= 4 is 29.0 Å². The van der Waals surface area contributed by atoms with Gasteiger partial charge in [0.1, 0.15) is 5.82 Å². The van der Waals surface area contributed by atoms with E-state index in [2.05, 4.69) is 10.3 Å². The first-order valence-electron chi connectivity index (χ1n) is 4.50. The van der Waals surface area contributed by atoms with Gasteiger partial charge in [-0.1, -0.05) is 23.2 Å². The van der Waals surface area contributed by atoms with Crippen LogP contribution in [0.3, 0.4) is 0 Å². The molecule has 0 bridgehead atoms. The highest BCUT2D eigenvalue weighted by Gasteiger charge is 2.25. The lowest BCUT2D eigenvalue weighted by atomic mass is 10.3. The van der Waals surface area contributed by atoms with Crippen LogP contribution in [0.15, 0.2) is 12.3 Å². The van der Waals surface area contributed by atoms with E-state index < -0.39 is 12.6 Å². The minimum atomic E-state index is -4.13. The highest BCUT2D eigenvalue weighted by molar-refractivity contribution is 6.35. The molecule has 0 spiro atoms. The van der Waals surface area contributed by atoms with Crippen molar-refractivity contribution in [2.75, 3.05) is 11.9 Å². The summed E-state index contributed by atoms with van der Waals surface area (Å²) < 4.78 is 35.5. The first-order valence-corrected chi connectivity index (χ1v) is 5.26. The van der Waals surface area contributed by atoms with Gasteiger partial charge in [0.15, 0.2) is 0 Å². The van der Waals surface area contributed by atoms with Crippen LogP contribution in [0, 0.1) is 0 Å². The van der Waals surface area contributed by atoms with Crippen molar-refractivity contribution < 1.29 is 13.2 Å². The molecule has 0 aliphatic rings.